The molecular formula is C15H14N4O. The van der Waals surface area contributed by atoms with Crippen LogP contribution in [0.5, 0.6) is 0 Å². The van der Waals surface area contributed by atoms with E-state index in [-0.39, 0.29) is 0 Å². The van der Waals surface area contributed by atoms with E-state index in [0.717, 1.165) is 16.8 Å². The first-order valence-electron chi connectivity index (χ1n) is 6.38. The highest BCUT2D eigenvalue weighted by molar-refractivity contribution is 5.53. The molecule has 0 radical (unpaired) electrons. The monoisotopic (exact) mass is 266 g/mol. The fourth-order valence-electron chi connectivity index (χ4n) is 2.04. The molecule has 0 fully saturated rings. The van der Waals surface area contributed by atoms with E-state index in [0.29, 0.717) is 5.82 Å². The van der Waals surface area contributed by atoms with E-state index in [1.165, 1.54) is 4.80 Å². The average molecular weight is 266 g/mol. The molecule has 0 amide bonds. The molecule has 3 aromatic rings. The zero-order chi connectivity index (χ0) is 13.9. The fraction of sp³-hybridized carbons (Fsp3) is 0.133. The Morgan fingerprint density at radius 1 is 1.00 bits per heavy atom. The summed E-state index contributed by atoms with van der Waals surface area (Å²) in [5, 5.41) is 22.3. The molecule has 2 aromatic carbocycles. The van der Waals surface area contributed by atoms with E-state index in [2.05, 4.69) is 15.4 Å². The summed E-state index contributed by atoms with van der Waals surface area (Å²) >= 11 is 0. The number of aliphatic hydroxyl groups excluding tert-OH is 1. The number of hydrogen-bond donors (Lipinski definition) is 1. The van der Waals surface area contributed by atoms with Crippen molar-refractivity contribution >= 4 is 0 Å². The normalized spacial score (nSPS) is 12.3. The molecule has 5 heteroatoms. The largest absolute Gasteiger partial charge is 0.389 e. The van der Waals surface area contributed by atoms with Gasteiger partial charge >= 0.3 is 0 Å². The highest BCUT2D eigenvalue weighted by Crippen LogP contribution is 2.21. The van der Waals surface area contributed by atoms with Crippen LogP contribution >= 0.6 is 0 Å². The maximum absolute atomic E-state index is 9.80. The summed E-state index contributed by atoms with van der Waals surface area (Å²) in [5.41, 5.74) is 2.41. The van der Waals surface area contributed by atoms with Crippen molar-refractivity contribution in [3.63, 3.8) is 0 Å². The van der Waals surface area contributed by atoms with Gasteiger partial charge in [-0.15, -0.1) is 15.0 Å². The van der Waals surface area contributed by atoms with E-state index in [1.54, 1.807) is 6.92 Å². The molecule has 0 spiro atoms. The molecule has 0 bridgehead atoms. The van der Waals surface area contributed by atoms with E-state index in [9.17, 15) is 5.11 Å². The van der Waals surface area contributed by atoms with E-state index < -0.39 is 6.10 Å². The lowest BCUT2D eigenvalue weighted by Gasteiger charge is -2.09. The van der Waals surface area contributed by atoms with Crippen molar-refractivity contribution in [1.82, 2.24) is 20.2 Å². The third-order valence-electron chi connectivity index (χ3n) is 3.05. The first-order valence-corrected chi connectivity index (χ1v) is 6.38. The summed E-state index contributed by atoms with van der Waals surface area (Å²) in [5.74, 6) is 0.561. The van der Waals surface area contributed by atoms with Crippen molar-refractivity contribution in [2.75, 3.05) is 0 Å². The van der Waals surface area contributed by atoms with Crippen LogP contribution in [0.4, 0.5) is 0 Å². The Labute approximate surface area is 116 Å². The summed E-state index contributed by atoms with van der Waals surface area (Å²) in [6.45, 7) is 1.72. The summed E-state index contributed by atoms with van der Waals surface area (Å²) in [4.78, 5) is 1.45. The van der Waals surface area contributed by atoms with E-state index >= 15 is 0 Å². The first-order chi connectivity index (χ1) is 9.75. The number of hydrogen-bond acceptors (Lipinski definition) is 4. The zero-order valence-electron chi connectivity index (χ0n) is 11.0. The maximum Gasteiger partial charge on any atom is 0.205 e. The Kier molecular flexibility index (Phi) is 3.26. The second kappa shape index (κ2) is 5.22. The number of para-hydroxylation sites is 1. The van der Waals surface area contributed by atoms with Crippen LogP contribution in [0, 0.1) is 0 Å². The summed E-state index contributed by atoms with van der Waals surface area (Å²) in [6.07, 6.45) is -0.586. The smallest absolute Gasteiger partial charge is 0.205 e. The summed E-state index contributed by atoms with van der Waals surface area (Å²) in [7, 11) is 0. The average Bonchev–Trinajstić information content (AvgIpc) is 2.98. The predicted octanol–water partition coefficient (Wildman–Crippen LogP) is 2.38. The quantitative estimate of drug-likeness (QED) is 0.790. The molecule has 0 aliphatic carbocycles. The number of benzene rings is 2. The van der Waals surface area contributed by atoms with Crippen LogP contribution in [-0.4, -0.2) is 25.3 Å². The van der Waals surface area contributed by atoms with Gasteiger partial charge in [0.2, 0.25) is 5.82 Å². The molecule has 3 rings (SSSR count). The zero-order valence-corrected chi connectivity index (χ0v) is 11.0. The summed E-state index contributed by atoms with van der Waals surface area (Å²) in [6, 6.07) is 17.1. The minimum absolute atomic E-state index is 0.561. The molecule has 0 aliphatic heterocycles. The van der Waals surface area contributed by atoms with Gasteiger partial charge in [0.15, 0.2) is 0 Å². The standard InChI is InChI=1S/C15H14N4O/c1-11(20)13-9-5-6-10-14(13)19-17-15(16-18-19)12-7-3-2-4-8-12/h2-11,20H,1H3/t11-/m1/s1. The molecular weight excluding hydrogens is 252 g/mol. The van der Waals surface area contributed by atoms with Crippen LogP contribution in [0.25, 0.3) is 17.1 Å². The summed E-state index contributed by atoms with van der Waals surface area (Å²) < 4.78 is 0. The third kappa shape index (κ3) is 2.31. The topological polar surface area (TPSA) is 63.8 Å². The predicted molar refractivity (Wildman–Crippen MR) is 75.2 cm³/mol. The molecule has 1 heterocycles. The van der Waals surface area contributed by atoms with Crippen molar-refractivity contribution < 1.29 is 5.11 Å². The van der Waals surface area contributed by atoms with Crippen LogP contribution in [-0.2, 0) is 0 Å². The van der Waals surface area contributed by atoms with Crippen LogP contribution in [0.3, 0.4) is 0 Å². The Hall–Kier alpha value is -2.53. The van der Waals surface area contributed by atoms with Gasteiger partial charge in [0.25, 0.3) is 0 Å². The molecule has 0 unspecified atom stereocenters. The van der Waals surface area contributed by atoms with Crippen molar-refractivity contribution in [3.05, 3.63) is 60.2 Å². The lowest BCUT2D eigenvalue weighted by atomic mass is 10.1. The van der Waals surface area contributed by atoms with Gasteiger partial charge in [0, 0.05) is 11.1 Å². The Bertz CT molecular complexity index is 707. The SMILES string of the molecule is C[C@@H](O)c1ccccc1-n1nnc(-c2ccccc2)n1. The molecule has 0 aliphatic rings. The first kappa shape index (κ1) is 12.5. The Morgan fingerprint density at radius 2 is 1.70 bits per heavy atom. The second-order valence-electron chi connectivity index (χ2n) is 4.50. The minimum Gasteiger partial charge on any atom is -0.389 e. The highest BCUT2D eigenvalue weighted by atomic mass is 16.3. The number of aliphatic hydroxyl groups is 1. The van der Waals surface area contributed by atoms with Gasteiger partial charge in [-0.1, -0.05) is 48.5 Å². The van der Waals surface area contributed by atoms with Gasteiger partial charge in [-0.2, -0.15) is 0 Å². The molecule has 0 saturated carbocycles. The number of rotatable bonds is 3. The van der Waals surface area contributed by atoms with Crippen LogP contribution in [0.1, 0.15) is 18.6 Å². The maximum atomic E-state index is 9.80. The number of nitrogens with zero attached hydrogens (tertiary/aromatic N) is 4. The van der Waals surface area contributed by atoms with Crippen molar-refractivity contribution in [2.45, 2.75) is 13.0 Å². The third-order valence-corrected chi connectivity index (χ3v) is 3.05. The Morgan fingerprint density at radius 3 is 2.45 bits per heavy atom. The molecule has 100 valence electrons. The van der Waals surface area contributed by atoms with Gasteiger partial charge < -0.3 is 5.11 Å². The highest BCUT2D eigenvalue weighted by Gasteiger charge is 2.12. The van der Waals surface area contributed by atoms with Gasteiger partial charge in [-0.25, -0.2) is 0 Å². The lowest BCUT2D eigenvalue weighted by molar-refractivity contribution is 0.198. The molecule has 1 N–H and O–H groups in total. The fourth-order valence-corrected chi connectivity index (χ4v) is 2.04. The van der Waals surface area contributed by atoms with Crippen molar-refractivity contribution in [1.29, 1.82) is 0 Å². The molecule has 0 saturated heterocycles. The Balaban J connectivity index is 2.03. The second-order valence-corrected chi connectivity index (χ2v) is 4.50. The van der Waals surface area contributed by atoms with Crippen LogP contribution in [0.2, 0.25) is 0 Å². The van der Waals surface area contributed by atoms with Gasteiger partial charge in [0.1, 0.15) is 0 Å². The van der Waals surface area contributed by atoms with Gasteiger partial charge in [-0.3, -0.25) is 0 Å². The number of aromatic nitrogens is 4. The lowest BCUT2D eigenvalue weighted by Crippen LogP contribution is -2.05. The number of tetrazole rings is 1. The molecule has 1 aromatic heterocycles. The van der Waals surface area contributed by atoms with Crippen LogP contribution < -0.4 is 0 Å². The van der Waals surface area contributed by atoms with Crippen molar-refractivity contribution in [3.8, 4) is 17.1 Å². The minimum atomic E-state index is -0.586. The molecule has 20 heavy (non-hydrogen) atoms. The van der Waals surface area contributed by atoms with E-state index in [1.807, 2.05) is 54.6 Å². The van der Waals surface area contributed by atoms with Crippen molar-refractivity contribution in [2.24, 2.45) is 0 Å². The van der Waals surface area contributed by atoms with E-state index in [4.69, 9.17) is 0 Å². The molecule has 1 atom stereocenters. The molecule has 5 nitrogen and oxygen atoms in total. The van der Waals surface area contributed by atoms with Gasteiger partial charge in [-0.05, 0) is 18.2 Å². The van der Waals surface area contributed by atoms with Crippen LogP contribution in [0.15, 0.2) is 54.6 Å². The van der Waals surface area contributed by atoms with Gasteiger partial charge in [0.05, 0.1) is 11.8 Å².